The number of carbonyl (C=O) groups is 1. The van der Waals surface area contributed by atoms with Gasteiger partial charge in [0.05, 0.1) is 13.2 Å². The maximum atomic E-state index is 13.9. The summed E-state index contributed by atoms with van der Waals surface area (Å²) in [6, 6.07) is 17.9. The first-order valence-electron chi connectivity index (χ1n) is 18.0. The van der Waals surface area contributed by atoms with Crippen LogP contribution < -0.4 is 4.74 Å². The Balaban J connectivity index is 1.18. The van der Waals surface area contributed by atoms with Crippen LogP contribution in [0.3, 0.4) is 0 Å². The normalized spacial score (nSPS) is 21.0. The van der Waals surface area contributed by atoms with E-state index in [4.69, 9.17) is 14.2 Å². The first-order chi connectivity index (χ1) is 22.1. The van der Waals surface area contributed by atoms with Crippen LogP contribution in [0.4, 0.5) is 0 Å². The molecule has 1 unspecified atom stereocenters. The van der Waals surface area contributed by atoms with Crippen molar-refractivity contribution < 1.29 is 19.0 Å². The van der Waals surface area contributed by atoms with Gasteiger partial charge in [0.15, 0.2) is 6.23 Å². The Labute approximate surface area is 273 Å². The number of ether oxygens (including phenoxy) is 3. The van der Waals surface area contributed by atoms with Crippen molar-refractivity contribution in [1.82, 2.24) is 9.80 Å². The average molecular weight is 621 g/mol. The van der Waals surface area contributed by atoms with Gasteiger partial charge in [-0.3, -0.25) is 9.69 Å². The van der Waals surface area contributed by atoms with Crippen LogP contribution in [0.15, 0.2) is 54.6 Å². The van der Waals surface area contributed by atoms with Crippen molar-refractivity contribution in [2.24, 2.45) is 0 Å². The number of piperazine rings is 1. The highest BCUT2D eigenvalue weighted by molar-refractivity contribution is 5.88. The molecule has 0 radical (unpaired) electrons. The molecular weight excluding hydrogens is 560 g/mol. The number of methoxy groups -OCH3 is 2. The fourth-order valence-electron chi connectivity index (χ4n) is 6.97. The monoisotopic (exact) mass is 620 g/mol. The van der Waals surface area contributed by atoms with Crippen LogP contribution in [0, 0.1) is 0 Å². The molecule has 3 atom stereocenters. The van der Waals surface area contributed by atoms with Crippen LogP contribution in [-0.4, -0.2) is 68.8 Å². The number of rotatable bonds is 22. The minimum absolute atomic E-state index is 0.184. The molecule has 1 aliphatic carbocycles. The summed E-state index contributed by atoms with van der Waals surface area (Å²) in [5.41, 5.74) is 1.17. The minimum Gasteiger partial charge on any atom is -0.497 e. The summed E-state index contributed by atoms with van der Waals surface area (Å²) in [4.78, 5) is 18.9. The number of benzene rings is 2. The molecule has 0 N–H and O–H groups in total. The van der Waals surface area contributed by atoms with Gasteiger partial charge in [0.25, 0.3) is 0 Å². The Bertz CT molecular complexity index is 1090. The molecule has 1 saturated heterocycles. The number of unbranched alkanes of at least 4 members (excludes halogenated alkanes) is 13. The van der Waals surface area contributed by atoms with Gasteiger partial charge >= 0.3 is 5.97 Å². The number of hydrogen-bond acceptors (Lipinski definition) is 6. The fraction of sp³-hybridized carbons (Fsp3) is 0.667. The molecular formula is C39H60N2O4. The summed E-state index contributed by atoms with van der Waals surface area (Å²) in [6.45, 7) is 7.23. The Morgan fingerprint density at radius 1 is 0.756 bits per heavy atom. The van der Waals surface area contributed by atoms with Gasteiger partial charge in [-0.15, -0.1) is 0 Å². The van der Waals surface area contributed by atoms with Crippen molar-refractivity contribution in [3.8, 4) is 5.75 Å². The average Bonchev–Trinajstić information content (AvgIpc) is 3.84. The SMILES string of the molecule is CCCCCCCCCCCCCCCCN1CCN(C(OC(=O)[C@]2(c3ccc(OC)cc3)C[C@@H]2OC)c2ccccc2)CC1. The standard InChI is InChI=1S/C39H60N2O4/c1-4-5-6-7-8-9-10-11-12-13-14-15-16-20-27-40-28-30-41(31-29-40)37(33-21-18-17-19-22-33)45-38(42)39(32-36(39)44-3)34-23-25-35(43-2)26-24-34/h17-19,21-26,36-37H,4-16,20,27-32H2,1-3H3/t36-,37?,39-/m0/s1. The maximum Gasteiger partial charge on any atom is 0.321 e. The fourth-order valence-corrected chi connectivity index (χ4v) is 6.97. The van der Waals surface area contributed by atoms with E-state index < -0.39 is 11.6 Å². The zero-order valence-corrected chi connectivity index (χ0v) is 28.5. The smallest absolute Gasteiger partial charge is 0.321 e. The van der Waals surface area contributed by atoms with E-state index in [9.17, 15) is 4.79 Å². The third-order valence-corrected chi connectivity index (χ3v) is 10.0. The highest BCUT2D eigenvalue weighted by Gasteiger charge is 2.64. The summed E-state index contributed by atoms with van der Waals surface area (Å²) in [7, 11) is 3.33. The van der Waals surface area contributed by atoms with E-state index in [1.807, 2.05) is 42.5 Å². The topological polar surface area (TPSA) is 51.2 Å². The molecule has 0 spiro atoms. The van der Waals surface area contributed by atoms with E-state index >= 15 is 0 Å². The molecule has 2 aliphatic rings. The predicted molar refractivity (Wildman–Crippen MR) is 184 cm³/mol. The van der Waals surface area contributed by atoms with Crippen molar-refractivity contribution in [1.29, 1.82) is 0 Å². The van der Waals surface area contributed by atoms with Crippen molar-refractivity contribution in [2.45, 2.75) is 121 Å². The van der Waals surface area contributed by atoms with Crippen LogP contribution in [0.2, 0.25) is 0 Å². The molecule has 1 aliphatic heterocycles. The van der Waals surface area contributed by atoms with E-state index in [2.05, 4.69) is 28.9 Å². The maximum absolute atomic E-state index is 13.9. The van der Waals surface area contributed by atoms with Crippen LogP contribution in [0.5, 0.6) is 5.75 Å². The molecule has 45 heavy (non-hydrogen) atoms. The molecule has 2 aromatic rings. The van der Waals surface area contributed by atoms with Crippen LogP contribution >= 0.6 is 0 Å². The van der Waals surface area contributed by atoms with Gasteiger partial charge in [0, 0.05) is 38.9 Å². The Morgan fingerprint density at radius 2 is 1.31 bits per heavy atom. The molecule has 250 valence electrons. The van der Waals surface area contributed by atoms with E-state index in [-0.39, 0.29) is 12.1 Å². The second-order valence-corrected chi connectivity index (χ2v) is 13.3. The lowest BCUT2D eigenvalue weighted by molar-refractivity contribution is -0.166. The van der Waals surface area contributed by atoms with Gasteiger partial charge in [0.2, 0.25) is 0 Å². The quantitative estimate of drug-likeness (QED) is 0.0970. The third kappa shape index (κ3) is 10.6. The van der Waals surface area contributed by atoms with Crippen molar-refractivity contribution in [2.75, 3.05) is 46.9 Å². The first-order valence-corrected chi connectivity index (χ1v) is 18.0. The number of esters is 1. The van der Waals surface area contributed by atoms with Crippen molar-refractivity contribution in [3.63, 3.8) is 0 Å². The summed E-state index contributed by atoms with van der Waals surface area (Å²) in [5.74, 6) is 0.559. The molecule has 4 rings (SSSR count). The lowest BCUT2D eigenvalue weighted by Gasteiger charge is -2.39. The van der Waals surface area contributed by atoms with Gasteiger partial charge in [-0.2, -0.15) is 0 Å². The van der Waals surface area contributed by atoms with Gasteiger partial charge in [-0.25, -0.2) is 0 Å². The number of hydrogen-bond donors (Lipinski definition) is 0. The molecule has 6 nitrogen and oxygen atoms in total. The molecule has 1 heterocycles. The summed E-state index contributed by atoms with van der Waals surface area (Å²) in [6.07, 6.45) is 19.5. The van der Waals surface area contributed by atoms with Crippen molar-refractivity contribution in [3.05, 3.63) is 65.7 Å². The molecule has 0 bridgehead atoms. The van der Waals surface area contributed by atoms with E-state index in [0.29, 0.717) is 6.42 Å². The number of nitrogens with zero attached hydrogens (tertiary/aromatic N) is 2. The lowest BCUT2D eigenvalue weighted by atomic mass is 9.95. The van der Waals surface area contributed by atoms with E-state index in [1.54, 1.807) is 14.2 Å². The van der Waals surface area contributed by atoms with Gasteiger partial charge in [-0.05, 0) is 37.1 Å². The first kappa shape index (κ1) is 35.4. The second-order valence-electron chi connectivity index (χ2n) is 13.3. The summed E-state index contributed by atoms with van der Waals surface area (Å²) in [5, 5.41) is 0. The molecule has 2 aromatic carbocycles. The molecule has 1 saturated carbocycles. The summed E-state index contributed by atoms with van der Waals surface area (Å²) >= 11 is 0. The van der Waals surface area contributed by atoms with Crippen LogP contribution in [0.25, 0.3) is 0 Å². The van der Waals surface area contributed by atoms with Gasteiger partial charge in [-0.1, -0.05) is 133 Å². The molecule has 0 amide bonds. The van der Waals surface area contributed by atoms with E-state index in [1.165, 1.54) is 89.9 Å². The highest BCUT2D eigenvalue weighted by atomic mass is 16.6. The third-order valence-electron chi connectivity index (χ3n) is 10.0. The largest absolute Gasteiger partial charge is 0.497 e. The molecule has 0 aromatic heterocycles. The zero-order valence-electron chi connectivity index (χ0n) is 28.5. The number of carbonyl (C=O) groups excluding carboxylic acids is 1. The van der Waals surface area contributed by atoms with Crippen LogP contribution in [-0.2, 0) is 19.7 Å². The minimum atomic E-state index is -0.774. The Kier molecular flexibility index (Phi) is 15.2. The lowest BCUT2D eigenvalue weighted by Crippen LogP contribution is -2.49. The van der Waals surface area contributed by atoms with Gasteiger partial charge < -0.3 is 19.1 Å². The van der Waals surface area contributed by atoms with E-state index in [0.717, 1.165) is 49.6 Å². The zero-order chi connectivity index (χ0) is 31.7. The Morgan fingerprint density at radius 3 is 1.82 bits per heavy atom. The van der Waals surface area contributed by atoms with Gasteiger partial charge in [0.1, 0.15) is 11.2 Å². The highest BCUT2D eigenvalue weighted by Crippen LogP contribution is 2.52. The second kappa shape index (κ2) is 19.3. The molecule has 2 fully saturated rings. The Hall–Kier alpha value is -2.41. The predicted octanol–water partition coefficient (Wildman–Crippen LogP) is 8.69. The summed E-state index contributed by atoms with van der Waals surface area (Å²) < 4.78 is 17.5. The molecule has 6 heteroatoms. The van der Waals surface area contributed by atoms with Crippen LogP contribution in [0.1, 0.15) is 121 Å². The van der Waals surface area contributed by atoms with Crippen molar-refractivity contribution >= 4 is 5.97 Å².